The van der Waals surface area contributed by atoms with E-state index in [1.807, 2.05) is 0 Å². The van der Waals surface area contributed by atoms with Crippen LogP contribution in [0.4, 0.5) is 0 Å². The molecule has 0 spiro atoms. The standard InChI is InChI=1S/C24H46O10/c1-2-3-4-5-6-7-8-9-10-11-22(30)34-20(14-27)23-24(32-16-19(29)13-26)21(17-33-23)31-15-18(28)12-25/h18-21,23-29H,2-17H2,1H3/t18?,19?,20-,21+,23-,24-/m1/s1. The highest BCUT2D eigenvalue weighted by atomic mass is 16.6. The molecule has 202 valence electrons. The molecule has 0 saturated carbocycles. The Kier molecular flexibility index (Phi) is 17.7. The average molecular weight is 495 g/mol. The first-order chi connectivity index (χ1) is 16.5. The maximum atomic E-state index is 12.3. The summed E-state index contributed by atoms with van der Waals surface area (Å²) < 4.78 is 22.4. The Morgan fingerprint density at radius 1 is 0.853 bits per heavy atom. The van der Waals surface area contributed by atoms with Crippen molar-refractivity contribution in [1.82, 2.24) is 0 Å². The van der Waals surface area contributed by atoms with Gasteiger partial charge < -0.3 is 44.5 Å². The molecule has 0 bridgehead atoms. The molecule has 0 amide bonds. The van der Waals surface area contributed by atoms with E-state index in [0.29, 0.717) is 6.42 Å². The van der Waals surface area contributed by atoms with Crippen molar-refractivity contribution in [2.24, 2.45) is 0 Å². The van der Waals surface area contributed by atoms with E-state index in [4.69, 9.17) is 29.2 Å². The van der Waals surface area contributed by atoms with Crippen LogP contribution in [-0.2, 0) is 23.7 Å². The quantitative estimate of drug-likeness (QED) is 0.114. The number of hydrogen-bond acceptors (Lipinski definition) is 10. The van der Waals surface area contributed by atoms with E-state index in [1.165, 1.54) is 38.5 Å². The molecule has 0 aromatic carbocycles. The summed E-state index contributed by atoms with van der Waals surface area (Å²) in [6.07, 6.45) is 4.92. The molecule has 10 nitrogen and oxygen atoms in total. The third-order valence-corrected chi connectivity index (χ3v) is 5.86. The maximum absolute atomic E-state index is 12.3. The molecule has 1 saturated heterocycles. The number of carbonyl (C=O) groups is 1. The van der Waals surface area contributed by atoms with Gasteiger partial charge in [-0.2, -0.15) is 0 Å². The minimum absolute atomic E-state index is 0.0506. The van der Waals surface area contributed by atoms with Crippen LogP contribution in [0.5, 0.6) is 0 Å². The molecule has 10 heteroatoms. The van der Waals surface area contributed by atoms with Crippen molar-refractivity contribution >= 4 is 5.97 Å². The molecule has 1 heterocycles. The summed E-state index contributed by atoms with van der Waals surface area (Å²) >= 11 is 0. The molecule has 1 aliphatic heterocycles. The molecule has 0 aliphatic carbocycles. The first kappa shape index (κ1) is 31.2. The average Bonchev–Trinajstić information content (AvgIpc) is 3.25. The molecular formula is C24H46O10. The van der Waals surface area contributed by atoms with Gasteiger partial charge in [-0.25, -0.2) is 0 Å². The monoisotopic (exact) mass is 494 g/mol. The van der Waals surface area contributed by atoms with Crippen LogP contribution >= 0.6 is 0 Å². The van der Waals surface area contributed by atoms with Crippen LogP contribution in [0.3, 0.4) is 0 Å². The second kappa shape index (κ2) is 19.4. The smallest absolute Gasteiger partial charge is 0.306 e. The van der Waals surface area contributed by atoms with Gasteiger partial charge in [-0.1, -0.05) is 58.3 Å². The first-order valence-corrected chi connectivity index (χ1v) is 12.7. The fourth-order valence-electron chi connectivity index (χ4n) is 3.85. The summed E-state index contributed by atoms with van der Waals surface area (Å²) in [7, 11) is 0. The summed E-state index contributed by atoms with van der Waals surface area (Å²) in [5.41, 5.74) is 0. The van der Waals surface area contributed by atoms with Gasteiger partial charge in [0, 0.05) is 6.42 Å². The molecule has 1 fully saturated rings. The summed E-state index contributed by atoms with van der Waals surface area (Å²) in [5, 5.41) is 47.0. The van der Waals surface area contributed by atoms with Crippen LogP contribution in [0.2, 0.25) is 0 Å². The maximum Gasteiger partial charge on any atom is 0.306 e. The van der Waals surface area contributed by atoms with E-state index in [9.17, 15) is 20.1 Å². The summed E-state index contributed by atoms with van der Waals surface area (Å²) in [6.45, 7) is 0.420. The number of aliphatic hydroxyl groups is 5. The molecule has 5 N–H and O–H groups in total. The molecule has 0 aromatic rings. The van der Waals surface area contributed by atoms with Crippen molar-refractivity contribution < 1.29 is 49.3 Å². The minimum Gasteiger partial charge on any atom is -0.457 e. The lowest BCUT2D eigenvalue weighted by atomic mass is 10.1. The highest BCUT2D eigenvalue weighted by Gasteiger charge is 2.45. The Bertz CT molecular complexity index is 506. The van der Waals surface area contributed by atoms with Crippen molar-refractivity contribution in [3.8, 4) is 0 Å². The largest absolute Gasteiger partial charge is 0.457 e. The molecule has 1 rings (SSSR count). The Balaban J connectivity index is 2.48. The van der Waals surface area contributed by atoms with Gasteiger partial charge >= 0.3 is 5.97 Å². The number of hydrogen-bond donors (Lipinski definition) is 5. The first-order valence-electron chi connectivity index (χ1n) is 12.7. The van der Waals surface area contributed by atoms with E-state index in [-0.39, 0.29) is 26.2 Å². The zero-order valence-electron chi connectivity index (χ0n) is 20.6. The van der Waals surface area contributed by atoms with E-state index in [0.717, 1.165) is 12.8 Å². The molecule has 34 heavy (non-hydrogen) atoms. The lowest BCUT2D eigenvalue weighted by Gasteiger charge is -2.29. The molecule has 0 aromatic heterocycles. The van der Waals surface area contributed by atoms with Gasteiger partial charge in [0.15, 0.2) is 6.10 Å². The third-order valence-electron chi connectivity index (χ3n) is 5.86. The Labute approximate surface area is 203 Å². The normalized spacial score (nSPS) is 23.1. The minimum atomic E-state index is -1.12. The predicted molar refractivity (Wildman–Crippen MR) is 124 cm³/mol. The van der Waals surface area contributed by atoms with Crippen molar-refractivity contribution in [1.29, 1.82) is 0 Å². The zero-order chi connectivity index (χ0) is 25.2. The molecule has 1 aliphatic rings. The van der Waals surface area contributed by atoms with Gasteiger partial charge in [0.1, 0.15) is 30.5 Å². The van der Waals surface area contributed by atoms with Crippen LogP contribution < -0.4 is 0 Å². The molecule has 6 atom stereocenters. The summed E-state index contributed by atoms with van der Waals surface area (Å²) in [4.78, 5) is 12.3. The molecule has 2 unspecified atom stereocenters. The Hall–Kier alpha value is -0.850. The van der Waals surface area contributed by atoms with Crippen LogP contribution in [0.25, 0.3) is 0 Å². The zero-order valence-corrected chi connectivity index (χ0v) is 20.6. The van der Waals surface area contributed by atoms with Crippen LogP contribution in [0.1, 0.15) is 71.1 Å². The number of aliphatic hydroxyl groups excluding tert-OH is 5. The van der Waals surface area contributed by atoms with Crippen LogP contribution in [-0.4, -0.2) is 108 Å². The second-order valence-corrected chi connectivity index (χ2v) is 8.93. The van der Waals surface area contributed by atoms with E-state index in [1.54, 1.807) is 0 Å². The van der Waals surface area contributed by atoms with Crippen LogP contribution in [0, 0.1) is 0 Å². The van der Waals surface area contributed by atoms with Gasteiger partial charge in [-0.3, -0.25) is 4.79 Å². The van der Waals surface area contributed by atoms with Gasteiger partial charge in [0.05, 0.1) is 39.6 Å². The van der Waals surface area contributed by atoms with Crippen molar-refractivity contribution in [2.45, 2.75) is 108 Å². The molecular weight excluding hydrogens is 448 g/mol. The van der Waals surface area contributed by atoms with Gasteiger partial charge in [-0.15, -0.1) is 0 Å². The van der Waals surface area contributed by atoms with Crippen molar-refractivity contribution in [3.05, 3.63) is 0 Å². The van der Waals surface area contributed by atoms with E-state index in [2.05, 4.69) is 6.92 Å². The van der Waals surface area contributed by atoms with Crippen LogP contribution in [0.15, 0.2) is 0 Å². The van der Waals surface area contributed by atoms with Gasteiger partial charge in [0.2, 0.25) is 0 Å². The topological polar surface area (TPSA) is 155 Å². The van der Waals surface area contributed by atoms with Gasteiger partial charge in [-0.05, 0) is 6.42 Å². The highest BCUT2D eigenvalue weighted by Crippen LogP contribution is 2.26. The molecule has 0 radical (unpaired) electrons. The Morgan fingerprint density at radius 2 is 1.41 bits per heavy atom. The fraction of sp³-hybridized carbons (Fsp3) is 0.958. The SMILES string of the molecule is CCCCCCCCCCCC(=O)O[C@H](CO)[C@H]1OC[C@H](OCC(O)CO)[C@H]1OCC(O)CO. The third kappa shape index (κ3) is 12.7. The number of carbonyl (C=O) groups excluding carboxylic acids is 1. The summed E-state index contributed by atoms with van der Waals surface area (Å²) in [5.74, 6) is -0.431. The predicted octanol–water partition coefficient (Wildman–Crippen LogP) is 0.687. The van der Waals surface area contributed by atoms with Crippen molar-refractivity contribution in [3.63, 3.8) is 0 Å². The Morgan fingerprint density at radius 3 is 1.97 bits per heavy atom. The lowest BCUT2D eigenvalue weighted by molar-refractivity contribution is -0.168. The van der Waals surface area contributed by atoms with E-state index < -0.39 is 62.4 Å². The second-order valence-electron chi connectivity index (χ2n) is 8.93. The van der Waals surface area contributed by atoms with Crippen molar-refractivity contribution in [2.75, 3.05) is 39.6 Å². The highest BCUT2D eigenvalue weighted by molar-refractivity contribution is 5.69. The fourth-order valence-corrected chi connectivity index (χ4v) is 3.85. The van der Waals surface area contributed by atoms with E-state index >= 15 is 0 Å². The number of esters is 1. The number of unbranched alkanes of at least 4 members (excludes halogenated alkanes) is 8. The lowest BCUT2D eigenvalue weighted by Crippen LogP contribution is -2.46. The summed E-state index contributed by atoms with van der Waals surface area (Å²) in [6, 6.07) is 0. The number of ether oxygens (including phenoxy) is 4. The van der Waals surface area contributed by atoms with Gasteiger partial charge in [0.25, 0.3) is 0 Å². The number of rotatable bonds is 21.